The van der Waals surface area contributed by atoms with Crippen LogP contribution < -0.4 is 5.56 Å². The van der Waals surface area contributed by atoms with E-state index in [2.05, 4.69) is 5.10 Å². The van der Waals surface area contributed by atoms with E-state index in [1.54, 1.807) is 12.1 Å². The largest absolute Gasteiger partial charge is 0.481 e. The molecule has 0 bridgehead atoms. The number of carbonyl (C=O) groups is 1. The van der Waals surface area contributed by atoms with Gasteiger partial charge in [-0.15, -0.1) is 0 Å². The Hall–Kier alpha value is -2.30. The fourth-order valence-corrected chi connectivity index (χ4v) is 1.52. The van der Waals surface area contributed by atoms with Gasteiger partial charge in [0, 0.05) is 6.07 Å². The summed E-state index contributed by atoms with van der Waals surface area (Å²) in [6, 6.07) is 10.4. The van der Waals surface area contributed by atoms with E-state index in [1.165, 1.54) is 10.7 Å². The van der Waals surface area contributed by atoms with Gasteiger partial charge in [0.05, 0.1) is 17.8 Å². The highest BCUT2D eigenvalue weighted by molar-refractivity contribution is 5.69. The molecule has 5 nitrogen and oxygen atoms in total. The Labute approximate surface area is 90.9 Å². The zero-order chi connectivity index (χ0) is 11.5. The number of nitrogens with zero attached hydrogens (tertiary/aromatic N) is 1. The van der Waals surface area contributed by atoms with E-state index in [9.17, 15) is 9.59 Å². The number of carboxylic acid groups (broad SMARTS) is 1. The first-order chi connectivity index (χ1) is 7.66. The van der Waals surface area contributed by atoms with E-state index >= 15 is 0 Å². The van der Waals surface area contributed by atoms with Crippen molar-refractivity contribution >= 4 is 5.97 Å². The highest BCUT2D eigenvalue weighted by atomic mass is 16.4. The number of carboxylic acids is 1. The smallest absolute Gasteiger partial charge is 0.309 e. The van der Waals surface area contributed by atoms with Gasteiger partial charge in [-0.1, -0.05) is 18.2 Å². The highest BCUT2D eigenvalue weighted by Gasteiger charge is 2.09. The summed E-state index contributed by atoms with van der Waals surface area (Å²) >= 11 is 0. The topological polar surface area (TPSA) is 75.1 Å². The van der Waals surface area contributed by atoms with Crippen LogP contribution in [0.5, 0.6) is 0 Å². The third-order valence-electron chi connectivity index (χ3n) is 2.15. The summed E-state index contributed by atoms with van der Waals surface area (Å²) in [5, 5.41) is 11.3. The second-order valence-corrected chi connectivity index (χ2v) is 3.35. The maximum atomic E-state index is 11.2. The number of aromatic nitrogens is 2. The summed E-state index contributed by atoms with van der Waals surface area (Å²) in [6.45, 7) is 0. The Morgan fingerprint density at radius 2 is 2.00 bits per heavy atom. The van der Waals surface area contributed by atoms with Gasteiger partial charge >= 0.3 is 5.97 Å². The molecule has 0 unspecified atom stereocenters. The number of rotatable bonds is 3. The molecule has 0 aliphatic carbocycles. The summed E-state index contributed by atoms with van der Waals surface area (Å²) in [4.78, 5) is 21.8. The molecule has 5 heteroatoms. The molecule has 1 aromatic carbocycles. The number of aromatic amines is 1. The van der Waals surface area contributed by atoms with Gasteiger partial charge in [-0.3, -0.25) is 19.4 Å². The number of benzene rings is 1. The zero-order valence-corrected chi connectivity index (χ0v) is 8.38. The van der Waals surface area contributed by atoms with Crippen molar-refractivity contribution in [3.05, 3.63) is 52.4 Å². The molecule has 0 fully saturated rings. The molecule has 2 rings (SSSR count). The van der Waals surface area contributed by atoms with E-state index in [0.717, 1.165) is 5.69 Å². The van der Waals surface area contributed by atoms with Crippen molar-refractivity contribution in [3.63, 3.8) is 0 Å². The Kier molecular flexibility index (Phi) is 2.59. The van der Waals surface area contributed by atoms with E-state index < -0.39 is 5.97 Å². The number of para-hydroxylation sites is 1. The molecule has 0 saturated carbocycles. The van der Waals surface area contributed by atoms with Crippen molar-refractivity contribution in [2.24, 2.45) is 0 Å². The predicted octanol–water partition coefficient (Wildman–Crippen LogP) is 0.793. The molecule has 82 valence electrons. The van der Waals surface area contributed by atoms with Gasteiger partial charge < -0.3 is 5.11 Å². The number of nitrogens with one attached hydrogen (secondary N) is 1. The van der Waals surface area contributed by atoms with Crippen molar-refractivity contribution < 1.29 is 9.90 Å². The van der Waals surface area contributed by atoms with Gasteiger partial charge in [-0.2, -0.15) is 0 Å². The van der Waals surface area contributed by atoms with Crippen LogP contribution in [0.2, 0.25) is 0 Å². The van der Waals surface area contributed by atoms with E-state index in [4.69, 9.17) is 5.11 Å². The van der Waals surface area contributed by atoms with Gasteiger partial charge in [0.15, 0.2) is 0 Å². The van der Waals surface area contributed by atoms with Crippen LogP contribution in [-0.2, 0) is 11.2 Å². The number of aliphatic carboxylic acids is 1. The minimum absolute atomic E-state index is 0.187. The normalized spacial score (nSPS) is 10.2. The second kappa shape index (κ2) is 4.06. The van der Waals surface area contributed by atoms with Gasteiger partial charge in [-0.25, -0.2) is 0 Å². The lowest BCUT2D eigenvalue weighted by molar-refractivity contribution is -0.136. The zero-order valence-electron chi connectivity index (χ0n) is 8.38. The molecule has 0 aliphatic heterocycles. The van der Waals surface area contributed by atoms with Crippen LogP contribution in [0, 0.1) is 0 Å². The molecule has 0 atom stereocenters. The average Bonchev–Trinajstić information content (AvgIpc) is 2.60. The number of H-pyrrole nitrogens is 1. The van der Waals surface area contributed by atoms with E-state index in [-0.39, 0.29) is 12.0 Å². The van der Waals surface area contributed by atoms with Crippen LogP contribution in [0.15, 0.2) is 41.2 Å². The molecule has 0 amide bonds. The molecular weight excluding hydrogens is 208 g/mol. The Bertz CT molecular complexity index is 554. The van der Waals surface area contributed by atoms with Crippen LogP contribution in [0.25, 0.3) is 5.69 Å². The van der Waals surface area contributed by atoms with Gasteiger partial charge in [0.25, 0.3) is 5.56 Å². The van der Waals surface area contributed by atoms with Gasteiger partial charge in [0.2, 0.25) is 0 Å². The van der Waals surface area contributed by atoms with Crippen molar-refractivity contribution in [1.29, 1.82) is 0 Å². The quantitative estimate of drug-likeness (QED) is 0.799. The summed E-state index contributed by atoms with van der Waals surface area (Å²) in [7, 11) is 0. The standard InChI is InChI=1S/C11H10N2O3/c14-10-6-9(7-11(15)16)13(12-10)8-4-2-1-3-5-8/h1-6H,7H2,(H,12,14)(H,15,16). The molecule has 2 N–H and O–H groups in total. The maximum absolute atomic E-state index is 11.2. The van der Waals surface area contributed by atoms with Gasteiger partial charge in [0.1, 0.15) is 0 Å². The highest BCUT2D eigenvalue weighted by Crippen LogP contribution is 2.08. The minimum Gasteiger partial charge on any atom is -0.481 e. The van der Waals surface area contributed by atoms with Crippen LogP contribution in [0.1, 0.15) is 5.69 Å². The lowest BCUT2D eigenvalue weighted by Crippen LogP contribution is -2.08. The van der Waals surface area contributed by atoms with Crippen molar-refractivity contribution in [2.75, 3.05) is 0 Å². The molecule has 1 aromatic heterocycles. The summed E-state index contributed by atoms with van der Waals surface area (Å²) in [5.41, 5.74) is 0.865. The van der Waals surface area contributed by atoms with E-state index in [1.807, 2.05) is 18.2 Å². The van der Waals surface area contributed by atoms with Gasteiger partial charge in [-0.05, 0) is 12.1 Å². The number of hydrogen-bond acceptors (Lipinski definition) is 2. The van der Waals surface area contributed by atoms with Crippen molar-refractivity contribution in [1.82, 2.24) is 9.78 Å². The van der Waals surface area contributed by atoms with E-state index in [0.29, 0.717) is 5.69 Å². The fraction of sp³-hybridized carbons (Fsp3) is 0.0909. The molecule has 0 saturated heterocycles. The lowest BCUT2D eigenvalue weighted by Gasteiger charge is -2.05. The molecular formula is C11H10N2O3. The minimum atomic E-state index is -0.969. The molecule has 16 heavy (non-hydrogen) atoms. The summed E-state index contributed by atoms with van der Waals surface area (Å²) in [6.07, 6.45) is -0.187. The predicted molar refractivity (Wildman–Crippen MR) is 57.7 cm³/mol. The first-order valence-corrected chi connectivity index (χ1v) is 4.75. The van der Waals surface area contributed by atoms with Crippen LogP contribution in [0.3, 0.4) is 0 Å². The summed E-state index contributed by atoms with van der Waals surface area (Å²) < 4.78 is 1.48. The Morgan fingerprint density at radius 3 is 2.62 bits per heavy atom. The lowest BCUT2D eigenvalue weighted by atomic mass is 10.3. The fourth-order valence-electron chi connectivity index (χ4n) is 1.52. The van der Waals surface area contributed by atoms with Crippen LogP contribution in [0.4, 0.5) is 0 Å². The molecule has 0 spiro atoms. The first-order valence-electron chi connectivity index (χ1n) is 4.75. The Morgan fingerprint density at radius 1 is 1.31 bits per heavy atom. The molecule has 1 heterocycles. The summed E-state index contributed by atoms with van der Waals surface area (Å²) in [5.74, 6) is -0.969. The second-order valence-electron chi connectivity index (χ2n) is 3.35. The Balaban J connectivity index is 2.48. The SMILES string of the molecule is O=C(O)Cc1cc(=O)[nH]n1-c1ccccc1. The van der Waals surface area contributed by atoms with Crippen molar-refractivity contribution in [3.8, 4) is 5.69 Å². The first kappa shape index (κ1) is 10.2. The van der Waals surface area contributed by atoms with Crippen LogP contribution >= 0.6 is 0 Å². The monoisotopic (exact) mass is 218 g/mol. The molecule has 0 radical (unpaired) electrons. The average molecular weight is 218 g/mol. The van der Waals surface area contributed by atoms with Crippen LogP contribution in [-0.4, -0.2) is 20.9 Å². The van der Waals surface area contributed by atoms with Crippen molar-refractivity contribution in [2.45, 2.75) is 6.42 Å². The third kappa shape index (κ3) is 2.03. The molecule has 0 aliphatic rings. The maximum Gasteiger partial charge on any atom is 0.309 e. The molecule has 2 aromatic rings. The number of hydrogen-bond donors (Lipinski definition) is 2. The third-order valence-corrected chi connectivity index (χ3v) is 2.15.